The summed E-state index contributed by atoms with van der Waals surface area (Å²) in [7, 11) is 1.00. The van der Waals surface area contributed by atoms with Crippen LogP contribution in [0.25, 0.3) is 0 Å². The lowest BCUT2D eigenvalue weighted by Crippen LogP contribution is -2.43. The number of ether oxygens (including phenoxy) is 1. The van der Waals surface area contributed by atoms with Gasteiger partial charge in [-0.15, -0.1) is 0 Å². The second-order valence-electron chi connectivity index (χ2n) is 4.56. The zero-order valence-electron chi connectivity index (χ0n) is 11.2. The molecule has 1 aromatic rings. The molecule has 0 aliphatic heterocycles. The van der Waals surface area contributed by atoms with Crippen molar-refractivity contribution in [2.24, 2.45) is 0 Å². The first kappa shape index (κ1) is 14.8. The highest BCUT2D eigenvalue weighted by Gasteiger charge is 2.44. The molecule has 1 rings (SSSR count). The normalized spacial score (nSPS) is 12.9. The van der Waals surface area contributed by atoms with Crippen LogP contribution in [0.4, 0.5) is 0 Å². The molecule has 0 spiro atoms. The van der Waals surface area contributed by atoms with Gasteiger partial charge in [0.1, 0.15) is 0 Å². The summed E-state index contributed by atoms with van der Waals surface area (Å²) in [5, 5.41) is 0. The van der Waals surface area contributed by atoms with Crippen molar-refractivity contribution in [1.82, 2.24) is 0 Å². The van der Waals surface area contributed by atoms with Crippen LogP contribution in [0.2, 0.25) is 0 Å². The quantitative estimate of drug-likeness (QED) is 0.466. The molecule has 1 aromatic carbocycles. The fourth-order valence-corrected chi connectivity index (χ4v) is 2.78. The Hall–Kier alpha value is -1.29. The molecule has 0 bridgehead atoms. The van der Waals surface area contributed by atoms with E-state index in [0.29, 0.717) is 5.56 Å². The van der Waals surface area contributed by atoms with E-state index in [4.69, 9.17) is 0 Å². The predicted molar refractivity (Wildman–Crippen MR) is 75.0 cm³/mol. The fourth-order valence-electron chi connectivity index (χ4n) is 1.51. The van der Waals surface area contributed by atoms with Crippen molar-refractivity contribution >= 4 is 22.6 Å². The van der Waals surface area contributed by atoms with Gasteiger partial charge < -0.3 is 4.74 Å². The van der Waals surface area contributed by atoms with Gasteiger partial charge in [-0.3, -0.25) is 4.79 Å². The number of carbonyl (C=O) groups is 2. The van der Waals surface area contributed by atoms with Crippen LogP contribution in [0.3, 0.4) is 0 Å². The summed E-state index contributed by atoms with van der Waals surface area (Å²) >= 11 is 0. The topological polar surface area (TPSA) is 43.4 Å². The molecule has 0 aliphatic carbocycles. The summed E-state index contributed by atoms with van der Waals surface area (Å²) < 4.78 is 4.10. The number of hydrogen-bond donors (Lipinski definition) is 0. The summed E-state index contributed by atoms with van der Waals surface area (Å²) in [5.74, 6) is 0.0785. The van der Waals surface area contributed by atoms with Gasteiger partial charge >= 0.3 is 5.97 Å². The van der Waals surface area contributed by atoms with Crippen molar-refractivity contribution < 1.29 is 14.3 Å². The second-order valence-corrected chi connectivity index (χ2v) is 7.15. The summed E-state index contributed by atoms with van der Waals surface area (Å²) in [4.78, 5) is 23.7. The Morgan fingerprint density at radius 3 is 2.28 bits per heavy atom. The number of esters is 1. The van der Waals surface area contributed by atoms with Gasteiger partial charge in [0.2, 0.25) is 11.5 Å². The van der Waals surface area contributed by atoms with E-state index >= 15 is 0 Å². The first-order valence-electron chi connectivity index (χ1n) is 5.69. The van der Waals surface area contributed by atoms with Gasteiger partial charge in [0, 0.05) is 16.5 Å². The van der Waals surface area contributed by atoms with Crippen molar-refractivity contribution in [2.75, 3.05) is 19.1 Å². The maximum absolute atomic E-state index is 12.4. The van der Waals surface area contributed by atoms with Crippen LogP contribution in [-0.4, -0.2) is 35.6 Å². The van der Waals surface area contributed by atoms with Crippen LogP contribution < -0.4 is 0 Å². The predicted octanol–water partition coefficient (Wildman–Crippen LogP) is 2.07. The van der Waals surface area contributed by atoms with Crippen molar-refractivity contribution in [2.45, 2.75) is 18.6 Å². The summed E-state index contributed by atoms with van der Waals surface area (Å²) in [6, 6.07) is 9.18. The summed E-state index contributed by atoms with van der Waals surface area (Å²) in [5.41, 5.74) is 0.687. The molecule has 0 N–H and O–H groups in total. The first-order chi connectivity index (χ1) is 8.39. The minimum atomic E-state index is -0.560. The molecule has 0 radical (unpaired) electrons. The highest BCUT2D eigenvalue weighted by atomic mass is 32.2. The zero-order chi connectivity index (χ0) is 13.8. The molecular weight excluding hydrogens is 248 g/mol. The first-order valence-corrected chi connectivity index (χ1v) is 7.49. The minimum absolute atomic E-state index is 0.0674. The highest BCUT2D eigenvalue weighted by Crippen LogP contribution is 2.23. The lowest BCUT2D eigenvalue weighted by molar-refractivity contribution is -0.137. The molecule has 1 atom stereocenters. The van der Waals surface area contributed by atoms with Crippen LogP contribution in [0.15, 0.2) is 30.3 Å². The number of carbonyl (C=O) groups excluding carboxylic acids is 2. The fraction of sp³-hybridized carbons (Fsp3) is 0.429. The Morgan fingerprint density at radius 1 is 1.22 bits per heavy atom. The lowest BCUT2D eigenvalue weighted by atomic mass is 10.0. The van der Waals surface area contributed by atoms with Gasteiger partial charge in [0.05, 0.1) is 13.4 Å². The lowest BCUT2D eigenvalue weighted by Gasteiger charge is -2.21. The van der Waals surface area contributed by atoms with Crippen LogP contribution in [0, 0.1) is 0 Å². The third-order valence-corrected chi connectivity index (χ3v) is 5.61. The number of benzene rings is 1. The Labute approximate surface area is 111 Å². The number of methoxy groups -OCH3 is 1. The average molecular weight is 267 g/mol. The Bertz CT molecular complexity index is 426. The van der Waals surface area contributed by atoms with E-state index in [1.165, 1.54) is 7.11 Å². The van der Waals surface area contributed by atoms with E-state index < -0.39 is 4.75 Å². The van der Waals surface area contributed by atoms with Crippen molar-refractivity contribution in [1.29, 1.82) is 0 Å². The maximum Gasteiger partial charge on any atom is 0.356 e. The number of Topliss-reactive ketones (excluding diaryl/α,β-unsaturated/α-hetero) is 1. The molecule has 1 unspecified atom stereocenters. The molecule has 0 aliphatic rings. The smallest absolute Gasteiger partial charge is 0.356 e. The molecule has 0 saturated carbocycles. The number of rotatable bonds is 5. The number of ketones is 1. The van der Waals surface area contributed by atoms with E-state index in [9.17, 15) is 9.59 Å². The third kappa shape index (κ3) is 3.35. The largest absolute Gasteiger partial charge is 0.466 e. The minimum Gasteiger partial charge on any atom is -0.466 e. The Balaban J connectivity index is 2.86. The average Bonchev–Trinajstić information content (AvgIpc) is 2.38. The molecule has 18 heavy (non-hydrogen) atoms. The maximum atomic E-state index is 12.4. The number of hydrogen-bond acceptors (Lipinski definition) is 3. The van der Waals surface area contributed by atoms with Crippen LogP contribution in [-0.2, 0) is 20.4 Å². The van der Waals surface area contributed by atoms with Crippen molar-refractivity contribution in [3.8, 4) is 0 Å². The van der Waals surface area contributed by atoms with Gasteiger partial charge in [-0.2, -0.15) is 0 Å². The van der Waals surface area contributed by atoms with E-state index in [1.807, 2.05) is 38.3 Å². The molecule has 98 valence electrons. The van der Waals surface area contributed by atoms with Crippen molar-refractivity contribution in [3.63, 3.8) is 0 Å². The van der Waals surface area contributed by atoms with Gasteiger partial charge in [-0.25, -0.2) is 4.79 Å². The van der Waals surface area contributed by atoms with E-state index in [1.54, 1.807) is 12.1 Å². The summed E-state index contributed by atoms with van der Waals surface area (Å²) in [6.07, 6.45) is 1.93. The second kappa shape index (κ2) is 6.05. The van der Waals surface area contributed by atoms with Crippen LogP contribution in [0.1, 0.15) is 24.2 Å². The van der Waals surface area contributed by atoms with E-state index in [-0.39, 0.29) is 28.4 Å². The monoisotopic (exact) mass is 267 g/mol. The molecule has 0 fully saturated rings. The molecule has 0 saturated heterocycles. The van der Waals surface area contributed by atoms with Gasteiger partial charge in [0.15, 0.2) is 4.75 Å². The zero-order valence-corrected chi connectivity index (χ0v) is 12.0. The SMILES string of the molecule is COC(=O)C[S+](C)C(C)(C)C(=O)c1ccccc1. The van der Waals surface area contributed by atoms with Crippen LogP contribution in [0.5, 0.6) is 0 Å². The van der Waals surface area contributed by atoms with E-state index in [2.05, 4.69) is 4.74 Å². The van der Waals surface area contributed by atoms with E-state index in [0.717, 1.165) is 0 Å². The molecule has 0 amide bonds. The standard InChI is InChI=1S/C14H19O3S/c1-14(2,18(4)10-12(15)17-3)13(16)11-8-6-5-7-9-11/h5-9H,10H2,1-4H3/q+1. The third-order valence-electron chi connectivity index (χ3n) is 3.02. The molecule has 0 aromatic heterocycles. The van der Waals surface area contributed by atoms with Crippen LogP contribution >= 0.6 is 0 Å². The highest BCUT2D eigenvalue weighted by molar-refractivity contribution is 7.98. The van der Waals surface area contributed by atoms with Gasteiger partial charge in [0.25, 0.3) is 0 Å². The molecule has 4 heteroatoms. The van der Waals surface area contributed by atoms with Gasteiger partial charge in [-0.1, -0.05) is 30.3 Å². The summed E-state index contributed by atoms with van der Waals surface area (Å²) in [6.45, 7) is 3.77. The molecular formula is C14H19O3S+. The van der Waals surface area contributed by atoms with Crippen molar-refractivity contribution in [3.05, 3.63) is 35.9 Å². The Kier molecular flexibility index (Phi) is 4.96. The van der Waals surface area contributed by atoms with Gasteiger partial charge in [-0.05, 0) is 13.8 Å². The molecule has 0 heterocycles. The Morgan fingerprint density at radius 2 is 1.78 bits per heavy atom. The molecule has 3 nitrogen and oxygen atoms in total.